The van der Waals surface area contributed by atoms with E-state index in [0.29, 0.717) is 18.0 Å². The molecule has 1 rings (SSSR count). The van der Waals surface area contributed by atoms with Gasteiger partial charge < -0.3 is 10.6 Å². The first-order valence-corrected chi connectivity index (χ1v) is 6.14. The zero-order valence-electron chi connectivity index (χ0n) is 10.3. The van der Waals surface area contributed by atoms with Crippen molar-refractivity contribution in [1.29, 1.82) is 5.26 Å². The van der Waals surface area contributed by atoms with Gasteiger partial charge in [-0.2, -0.15) is 5.26 Å². The van der Waals surface area contributed by atoms with Gasteiger partial charge in [0.2, 0.25) is 0 Å². The van der Waals surface area contributed by atoms with Crippen molar-refractivity contribution >= 4 is 17.3 Å². The van der Waals surface area contributed by atoms with Crippen molar-refractivity contribution < 1.29 is 0 Å². The topological polar surface area (TPSA) is 53.0 Å². The number of halogens is 1. The van der Waals surface area contributed by atoms with E-state index in [1.807, 2.05) is 32.0 Å². The average Bonchev–Trinajstić information content (AvgIpc) is 2.31. The van der Waals surface area contributed by atoms with Gasteiger partial charge in [0, 0.05) is 19.1 Å². The molecule has 0 heterocycles. The summed E-state index contributed by atoms with van der Waals surface area (Å²) in [6.07, 6.45) is 0.499. The van der Waals surface area contributed by atoms with Crippen LogP contribution in [-0.4, -0.2) is 13.1 Å². The van der Waals surface area contributed by atoms with E-state index in [0.717, 1.165) is 17.8 Å². The van der Waals surface area contributed by atoms with Crippen molar-refractivity contribution in [2.45, 2.75) is 26.3 Å². The van der Waals surface area contributed by atoms with Crippen molar-refractivity contribution in [3.8, 4) is 6.07 Å². The van der Waals surface area contributed by atoms with Crippen molar-refractivity contribution in [3.63, 3.8) is 0 Å². The minimum absolute atomic E-state index is 0.0178. The van der Waals surface area contributed by atoms with E-state index in [2.05, 4.69) is 11.0 Å². The standard InChI is InChI=1S/C13H18ClN3/c1-3-17(8-4-7-15)13-6-5-11(10(2)16)9-12(13)14/h5-6,9-10H,3-4,8,16H2,1-2H3. The normalized spacial score (nSPS) is 11.9. The lowest BCUT2D eigenvalue weighted by molar-refractivity contribution is 0.810. The Morgan fingerprint density at radius 1 is 1.53 bits per heavy atom. The fourth-order valence-electron chi connectivity index (χ4n) is 1.70. The third-order valence-corrected chi connectivity index (χ3v) is 3.02. The van der Waals surface area contributed by atoms with Crippen molar-refractivity contribution in [1.82, 2.24) is 0 Å². The van der Waals surface area contributed by atoms with Crippen LogP contribution in [0.1, 0.15) is 31.9 Å². The maximum Gasteiger partial charge on any atom is 0.0642 e. The molecule has 3 nitrogen and oxygen atoms in total. The van der Waals surface area contributed by atoms with Gasteiger partial charge in [-0.25, -0.2) is 0 Å². The van der Waals surface area contributed by atoms with Crippen LogP contribution in [-0.2, 0) is 0 Å². The summed E-state index contributed by atoms with van der Waals surface area (Å²) in [5.41, 5.74) is 7.80. The summed E-state index contributed by atoms with van der Waals surface area (Å²) in [5, 5.41) is 9.31. The quantitative estimate of drug-likeness (QED) is 0.875. The Bertz CT molecular complexity index is 410. The molecule has 2 N–H and O–H groups in total. The highest BCUT2D eigenvalue weighted by atomic mass is 35.5. The van der Waals surface area contributed by atoms with E-state index in [4.69, 9.17) is 22.6 Å². The van der Waals surface area contributed by atoms with E-state index in [1.54, 1.807) is 0 Å². The average molecular weight is 252 g/mol. The molecule has 0 saturated heterocycles. The minimum atomic E-state index is -0.0178. The summed E-state index contributed by atoms with van der Waals surface area (Å²) in [4.78, 5) is 2.09. The van der Waals surface area contributed by atoms with E-state index >= 15 is 0 Å². The number of hydrogen-bond donors (Lipinski definition) is 1. The molecular formula is C13H18ClN3. The fraction of sp³-hybridized carbons (Fsp3) is 0.462. The number of anilines is 1. The summed E-state index contributed by atoms with van der Waals surface area (Å²) < 4.78 is 0. The monoisotopic (exact) mass is 251 g/mol. The van der Waals surface area contributed by atoms with Crippen LogP contribution < -0.4 is 10.6 Å². The number of benzene rings is 1. The summed E-state index contributed by atoms with van der Waals surface area (Å²) in [7, 11) is 0. The van der Waals surface area contributed by atoms with Gasteiger partial charge in [0.1, 0.15) is 0 Å². The first-order valence-electron chi connectivity index (χ1n) is 5.77. The van der Waals surface area contributed by atoms with Gasteiger partial charge in [-0.05, 0) is 31.5 Å². The summed E-state index contributed by atoms with van der Waals surface area (Å²) in [5.74, 6) is 0. The Hall–Kier alpha value is -1.24. The predicted octanol–water partition coefficient (Wildman–Crippen LogP) is 3.10. The Morgan fingerprint density at radius 2 is 2.24 bits per heavy atom. The maximum atomic E-state index is 8.62. The number of nitriles is 1. The van der Waals surface area contributed by atoms with Crippen LogP contribution in [0.5, 0.6) is 0 Å². The van der Waals surface area contributed by atoms with Gasteiger partial charge in [0.15, 0.2) is 0 Å². The lowest BCUT2D eigenvalue weighted by Gasteiger charge is -2.23. The highest BCUT2D eigenvalue weighted by Gasteiger charge is 2.10. The molecule has 0 amide bonds. The van der Waals surface area contributed by atoms with Crippen molar-refractivity contribution in [2.75, 3.05) is 18.0 Å². The molecular weight excluding hydrogens is 234 g/mol. The van der Waals surface area contributed by atoms with Gasteiger partial charge in [0.05, 0.1) is 23.2 Å². The predicted molar refractivity (Wildman–Crippen MR) is 72.2 cm³/mol. The molecule has 1 unspecified atom stereocenters. The Balaban J connectivity index is 2.93. The molecule has 0 spiro atoms. The van der Waals surface area contributed by atoms with E-state index in [-0.39, 0.29) is 6.04 Å². The molecule has 1 aromatic carbocycles. The van der Waals surface area contributed by atoms with Crippen LogP contribution in [0.4, 0.5) is 5.69 Å². The van der Waals surface area contributed by atoms with Gasteiger partial charge >= 0.3 is 0 Å². The molecule has 17 heavy (non-hydrogen) atoms. The highest BCUT2D eigenvalue weighted by Crippen LogP contribution is 2.28. The molecule has 4 heteroatoms. The molecule has 1 aromatic rings. The number of nitrogens with two attached hydrogens (primary N) is 1. The third-order valence-electron chi connectivity index (χ3n) is 2.71. The second-order valence-corrected chi connectivity index (χ2v) is 4.39. The zero-order valence-corrected chi connectivity index (χ0v) is 11.0. The fourth-order valence-corrected chi connectivity index (χ4v) is 2.01. The smallest absolute Gasteiger partial charge is 0.0642 e. The van der Waals surface area contributed by atoms with Crippen molar-refractivity contribution in [2.24, 2.45) is 5.73 Å². The SMILES string of the molecule is CCN(CCC#N)c1ccc(C(C)N)cc1Cl. The van der Waals surface area contributed by atoms with E-state index in [9.17, 15) is 0 Å². The van der Waals surface area contributed by atoms with E-state index in [1.165, 1.54) is 0 Å². The van der Waals surface area contributed by atoms with Gasteiger partial charge in [-0.15, -0.1) is 0 Å². The first-order chi connectivity index (χ1) is 8.10. The summed E-state index contributed by atoms with van der Waals surface area (Å²) >= 11 is 6.25. The molecule has 0 aliphatic carbocycles. The molecule has 0 fully saturated rings. The van der Waals surface area contributed by atoms with Crippen LogP contribution in [0.2, 0.25) is 5.02 Å². The second kappa shape index (κ2) is 6.48. The zero-order chi connectivity index (χ0) is 12.8. The molecule has 0 bridgehead atoms. The van der Waals surface area contributed by atoms with Crippen LogP contribution >= 0.6 is 11.6 Å². The maximum absolute atomic E-state index is 8.62. The molecule has 0 aliphatic rings. The van der Waals surface area contributed by atoms with Gasteiger partial charge in [0.25, 0.3) is 0 Å². The first kappa shape index (κ1) is 13.8. The van der Waals surface area contributed by atoms with Crippen LogP contribution in [0.25, 0.3) is 0 Å². The molecule has 0 saturated carbocycles. The Morgan fingerprint density at radius 3 is 2.71 bits per heavy atom. The molecule has 1 atom stereocenters. The largest absolute Gasteiger partial charge is 0.370 e. The molecule has 0 radical (unpaired) electrons. The summed E-state index contributed by atoms with van der Waals surface area (Å²) in [6.45, 7) is 5.51. The Kier molecular flexibility index (Phi) is 5.27. The minimum Gasteiger partial charge on any atom is -0.370 e. The lowest BCUT2D eigenvalue weighted by atomic mass is 10.1. The molecule has 0 aromatic heterocycles. The highest BCUT2D eigenvalue weighted by molar-refractivity contribution is 6.33. The molecule has 92 valence electrons. The van der Waals surface area contributed by atoms with Crippen LogP contribution in [0.15, 0.2) is 18.2 Å². The Labute approximate surface area is 108 Å². The number of rotatable bonds is 5. The van der Waals surface area contributed by atoms with Gasteiger partial charge in [-0.3, -0.25) is 0 Å². The van der Waals surface area contributed by atoms with Crippen LogP contribution in [0.3, 0.4) is 0 Å². The number of nitrogens with zero attached hydrogens (tertiary/aromatic N) is 2. The van der Waals surface area contributed by atoms with Gasteiger partial charge in [-0.1, -0.05) is 17.7 Å². The second-order valence-electron chi connectivity index (χ2n) is 3.99. The third kappa shape index (κ3) is 3.62. The van der Waals surface area contributed by atoms with Crippen molar-refractivity contribution in [3.05, 3.63) is 28.8 Å². The number of hydrogen-bond acceptors (Lipinski definition) is 3. The van der Waals surface area contributed by atoms with E-state index < -0.39 is 0 Å². The lowest BCUT2D eigenvalue weighted by Crippen LogP contribution is -2.24. The summed E-state index contributed by atoms with van der Waals surface area (Å²) in [6, 6.07) is 7.99. The molecule has 0 aliphatic heterocycles. The van der Waals surface area contributed by atoms with Crippen LogP contribution in [0, 0.1) is 11.3 Å².